The second-order valence-electron chi connectivity index (χ2n) is 10.3. The fourth-order valence-corrected chi connectivity index (χ4v) is 6.69. The van der Waals surface area contributed by atoms with Crippen molar-refractivity contribution in [1.29, 1.82) is 0 Å². The van der Waals surface area contributed by atoms with E-state index in [9.17, 15) is 9.59 Å². The topological polar surface area (TPSA) is 93.4 Å². The van der Waals surface area contributed by atoms with Crippen molar-refractivity contribution in [1.82, 2.24) is 5.32 Å². The smallest absolute Gasteiger partial charge is 0.237 e. The van der Waals surface area contributed by atoms with E-state index in [1.54, 1.807) is 54.6 Å². The number of carbonyl (C=O) groups excluding carboxylic acids is 2. The Bertz CT molecular complexity index is 1640. The molecule has 4 atom stereocenters. The molecule has 0 radical (unpaired) electrons. The molecule has 3 aromatic rings. The van der Waals surface area contributed by atoms with E-state index >= 15 is 0 Å². The van der Waals surface area contributed by atoms with Crippen molar-refractivity contribution < 1.29 is 14.3 Å². The fraction of sp³-hybridized carbons (Fsp3) is 0.188. The lowest BCUT2D eigenvalue weighted by atomic mass is 9.57. The van der Waals surface area contributed by atoms with Crippen molar-refractivity contribution in [3.05, 3.63) is 106 Å². The largest absolute Gasteiger partial charge is 0.457 e. The Morgan fingerprint density at radius 1 is 1.02 bits per heavy atom. The third kappa shape index (κ3) is 4.32. The van der Waals surface area contributed by atoms with Crippen LogP contribution >= 0.6 is 23.2 Å². The van der Waals surface area contributed by atoms with Gasteiger partial charge in [-0.15, -0.1) is 6.42 Å². The van der Waals surface area contributed by atoms with Crippen molar-refractivity contribution in [3.63, 3.8) is 0 Å². The van der Waals surface area contributed by atoms with E-state index in [1.165, 1.54) is 0 Å². The maximum Gasteiger partial charge on any atom is 0.237 e. The maximum absolute atomic E-state index is 14.3. The highest BCUT2D eigenvalue weighted by Crippen LogP contribution is 2.58. The summed E-state index contributed by atoms with van der Waals surface area (Å²) in [6, 6.07) is 16.9. The second kappa shape index (κ2) is 10.1. The number of anilines is 2. The summed E-state index contributed by atoms with van der Waals surface area (Å²) in [6.45, 7) is 0. The zero-order valence-corrected chi connectivity index (χ0v) is 22.8. The number of rotatable bonds is 4. The van der Waals surface area contributed by atoms with Crippen LogP contribution in [0.4, 0.5) is 11.4 Å². The van der Waals surface area contributed by atoms with Crippen molar-refractivity contribution in [2.45, 2.75) is 24.3 Å². The zero-order valence-electron chi connectivity index (χ0n) is 21.3. The van der Waals surface area contributed by atoms with Crippen LogP contribution in [0.2, 0.25) is 5.02 Å². The number of nitrogen functional groups attached to an aromatic ring is 1. The van der Waals surface area contributed by atoms with Crippen LogP contribution in [0.15, 0.2) is 83.9 Å². The van der Waals surface area contributed by atoms with Gasteiger partial charge in [0, 0.05) is 39.0 Å². The Labute approximate surface area is 242 Å². The molecule has 4 N–H and O–H groups in total. The number of nitrogens with one attached hydrogen (secondary N) is 2. The van der Waals surface area contributed by atoms with Crippen LogP contribution in [0.1, 0.15) is 35.6 Å². The average Bonchev–Trinajstić information content (AvgIpc) is 3.22. The van der Waals surface area contributed by atoms with Crippen molar-refractivity contribution in [2.75, 3.05) is 11.1 Å². The number of piperidine rings is 1. The minimum Gasteiger partial charge on any atom is -0.457 e. The van der Waals surface area contributed by atoms with Crippen molar-refractivity contribution >= 4 is 46.4 Å². The predicted octanol–water partition coefficient (Wildman–Crippen LogP) is 6.46. The number of carbonyl (C=O) groups is 2. The van der Waals surface area contributed by atoms with E-state index in [0.29, 0.717) is 50.5 Å². The number of ether oxygens (including phenoxy) is 1. The molecule has 2 heterocycles. The molecule has 1 aliphatic carbocycles. The molecule has 0 aromatic heterocycles. The first-order valence-electron chi connectivity index (χ1n) is 12.9. The molecule has 6 nitrogen and oxygen atoms in total. The standard InChI is InChI=1S/C32H25Cl2N3O3/c1-2-18-6-13-28(40-23-10-8-22(35)9-11-23)24(14-18)30-32(25-12-7-21(34)16-27(25)36-31(32)39)26(17-29(38)37-30)19-4-3-5-20(33)15-19/h1,3-14,16,19,26,30H,15,17,35H2,(H,36,39)(H,37,38)/t19?,26-,30+,32-/m0/s1. The number of fused-ring (bicyclic) bond motifs is 2. The van der Waals surface area contributed by atoms with Gasteiger partial charge >= 0.3 is 0 Å². The first-order chi connectivity index (χ1) is 19.3. The molecule has 1 spiro atoms. The van der Waals surface area contributed by atoms with E-state index < -0.39 is 17.4 Å². The summed E-state index contributed by atoms with van der Waals surface area (Å²) in [5.41, 5.74) is 7.80. The first-order valence-corrected chi connectivity index (χ1v) is 13.6. The molecule has 200 valence electrons. The lowest BCUT2D eigenvalue weighted by molar-refractivity contribution is -0.135. The molecule has 3 aliphatic rings. The van der Waals surface area contributed by atoms with Gasteiger partial charge in [0.1, 0.15) is 16.9 Å². The van der Waals surface area contributed by atoms with Gasteiger partial charge in [0.15, 0.2) is 0 Å². The number of hydrogen-bond acceptors (Lipinski definition) is 4. The molecule has 1 saturated heterocycles. The van der Waals surface area contributed by atoms with Crippen LogP contribution in [0.3, 0.4) is 0 Å². The number of benzene rings is 3. The fourth-order valence-electron chi connectivity index (χ4n) is 6.26. The SMILES string of the molecule is C#Cc1ccc(Oc2ccc(N)cc2)c([C@H]2NC(=O)C[C@@H](C3C=CC=C(Cl)C3)[C@]23C(=O)Nc2cc(Cl)ccc23)c1. The first kappa shape index (κ1) is 26.1. The van der Waals surface area contributed by atoms with Crippen molar-refractivity contribution in [3.8, 4) is 23.8 Å². The molecule has 6 rings (SSSR count). The molecular formula is C32H25Cl2N3O3. The number of halogens is 2. The highest BCUT2D eigenvalue weighted by molar-refractivity contribution is 6.31. The summed E-state index contributed by atoms with van der Waals surface area (Å²) in [6.07, 6.45) is 12.2. The van der Waals surface area contributed by atoms with Crippen LogP contribution in [-0.4, -0.2) is 11.8 Å². The molecule has 2 amide bonds. The monoisotopic (exact) mass is 569 g/mol. The van der Waals surface area contributed by atoms with Gasteiger partial charge in [0.25, 0.3) is 0 Å². The van der Waals surface area contributed by atoms with Crippen LogP contribution in [-0.2, 0) is 15.0 Å². The lowest BCUT2D eigenvalue weighted by Crippen LogP contribution is -2.59. The molecule has 0 bridgehead atoms. The molecular weight excluding hydrogens is 545 g/mol. The second-order valence-corrected chi connectivity index (χ2v) is 11.2. The predicted molar refractivity (Wildman–Crippen MR) is 157 cm³/mol. The van der Waals surface area contributed by atoms with Gasteiger partial charge in [-0.05, 0) is 84.5 Å². The van der Waals surface area contributed by atoms with Crippen LogP contribution in [0.5, 0.6) is 11.5 Å². The molecule has 0 saturated carbocycles. The average molecular weight is 570 g/mol. The van der Waals surface area contributed by atoms with Gasteiger partial charge in [-0.25, -0.2) is 0 Å². The number of amides is 2. The summed E-state index contributed by atoms with van der Waals surface area (Å²) in [7, 11) is 0. The molecule has 1 unspecified atom stereocenters. The van der Waals surface area contributed by atoms with E-state index in [2.05, 4.69) is 16.6 Å². The normalized spacial score (nSPS) is 25.0. The molecule has 8 heteroatoms. The van der Waals surface area contributed by atoms with Gasteiger partial charge in [-0.2, -0.15) is 0 Å². The lowest BCUT2D eigenvalue weighted by Gasteiger charge is -2.49. The molecule has 40 heavy (non-hydrogen) atoms. The summed E-state index contributed by atoms with van der Waals surface area (Å²) in [5, 5.41) is 7.36. The van der Waals surface area contributed by atoms with Crippen molar-refractivity contribution in [2.24, 2.45) is 11.8 Å². The van der Waals surface area contributed by atoms with Gasteiger partial charge in [0.05, 0.1) is 6.04 Å². The molecule has 2 aliphatic heterocycles. The Balaban J connectivity index is 1.58. The Morgan fingerprint density at radius 2 is 1.82 bits per heavy atom. The highest BCUT2D eigenvalue weighted by Gasteiger charge is 2.62. The van der Waals surface area contributed by atoms with E-state index in [1.807, 2.05) is 24.3 Å². The Hall–Kier alpha value is -4.18. The molecule has 3 aromatic carbocycles. The number of nitrogens with two attached hydrogens (primary N) is 1. The van der Waals surface area contributed by atoms with Crippen LogP contribution in [0.25, 0.3) is 0 Å². The Kier molecular flexibility index (Phi) is 6.58. The van der Waals surface area contributed by atoms with Gasteiger partial charge < -0.3 is 21.1 Å². The van der Waals surface area contributed by atoms with Crippen LogP contribution < -0.4 is 21.1 Å². The summed E-state index contributed by atoms with van der Waals surface area (Å²) < 4.78 is 6.32. The zero-order chi connectivity index (χ0) is 28.0. The van der Waals surface area contributed by atoms with Crippen LogP contribution in [0, 0.1) is 24.2 Å². The van der Waals surface area contributed by atoms with E-state index in [4.69, 9.17) is 40.1 Å². The summed E-state index contributed by atoms with van der Waals surface area (Å²) >= 11 is 12.8. The maximum atomic E-state index is 14.3. The number of terminal acetylenes is 1. The van der Waals surface area contributed by atoms with Gasteiger partial charge in [0.2, 0.25) is 11.8 Å². The highest BCUT2D eigenvalue weighted by atomic mass is 35.5. The third-order valence-corrected chi connectivity index (χ3v) is 8.50. The third-order valence-electron chi connectivity index (χ3n) is 7.98. The van der Waals surface area contributed by atoms with Gasteiger partial charge in [-0.3, -0.25) is 9.59 Å². The van der Waals surface area contributed by atoms with E-state index in [0.717, 1.165) is 5.56 Å². The van der Waals surface area contributed by atoms with E-state index in [-0.39, 0.29) is 24.2 Å². The number of allylic oxidation sites excluding steroid dienone is 4. The van der Waals surface area contributed by atoms with Gasteiger partial charge in [-0.1, -0.05) is 47.3 Å². The Morgan fingerprint density at radius 3 is 2.58 bits per heavy atom. The summed E-state index contributed by atoms with van der Waals surface area (Å²) in [5.74, 6) is 2.67. The minimum absolute atomic E-state index is 0.133. The molecule has 1 fully saturated rings. The quantitative estimate of drug-likeness (QED) is 0.248. The minimum atomic E-state index is -1.20. The number of hydrogen-bond donors (Lipinski definition) is 3. The summed E-state index contributed by atoms with van der Waals surface area (Å²) in [4.78, 5) is 27.8.